The Balaban J connectivity index is 1.89. The van der Waals surface area contributed by atoms with Crippen molar-refractivity contribution in [2.45, 2.75) is 6.92 Å². The van der Waals surface area contributed by atoms with Crippen molar-refractivity contribution >= 4 is 16.9 Å². The highest BCUT2D eigenvalue weighted by molar-refractivity contribution is 5.88. The van der Waals surface area contributed by atoms with E-state index < -0.39 is 0 Å². The van der Waals surface area contributed by atoms with Crippen molar-refractivity contribution in [3.05, 3.63) is 41.9 Å². The fourth-order valence-corrected chi connectivity index (χ4v) is 2.83. The van der Waals surface area contributed by atoms with Gasteiger partial charge in [0.25, 0.3) is 0 Å². The standard InChI is InChI=1S/C17H16N6O/c1-12-2-4-13(5-3-12)23-17-14(11-19-23)16(20-15(10-18)21-17)22-6-8-24-9-7-22/h2-5,11H,6-9H2,1H3. The number of anilines is 1. The van der Waals surface area contributed by atoms with Crippen LogP contribution in [-0.4, -0.2) is 46.1 Å². The van der Waals surface area contributed by atoms with Gasteiger partial charge in [0.1, 0.15) is 11.9 Å². The molecule has 1 fully saturated rings. The predicted molar refractivity (Wildman–Crippen MR) is 89.1 cm³/mol. The molecular weight excluding hydrogens is 304 g/mol. The van der Waals surface area contributed by atoms with Crippen molar-refractivity contribution in [2.24, 2.45) is 0 Å². The first-order chi connectivity index (χ1) is 11.8. The van der Waals surface area contributed by atoms with Gasteiger partial charge in [-0.25, -0.2) is 9.67 Å². The van der Waals surface area contributed by atoms with E-state index in [0.717, 1.165) is 30.0 Å². The molecule has 0 amide bonds. The van der Waals surface area contributed by atoms with Crippen LogP contribution in [0.1, 0.15) is 11.4 Å². The maximum atomic E-state index is 9.31. The average molecular weight is 320 g/mol. The fourth-order valence-electron chi connectivity index (χ4n) is 2.83. The normalized spacial score (nSPS) is 14.8. The highest BCUT2D eigenvalue weighted by Crippen LogP contribution is 2.26. The van der Waals surface area contributed by atoms with Gasteiger partial charge in [-0.3, -0.25) is 0 Å². The zero-order valence-electron chi connectivity index (χ0n) is 13.3. The van der Waals surface area contributed by atoms with E-state index in [1.54, 1.807) is 10.9 Å². The number of benzene rings is 1. The number of morpholine rings is 1. The van der Waals surface area contributed by atoms with E-state index in [2.05, 4.69) is 26.0 Å². The molecule has 3 aromatic rings. The summed E-state index contributed by atoms with van der Waals surface area (Å²) >= 11 is 0. The van der Waals surface area contributed by atoms with Crippen LogP contribution in [0.3, 0.4) is 0 Å². The van der Waals surface area contributed by atoms with E-state index in [-0.39, 0.29) is 5.82 Å². The number of fused-ring (bicyclic) bond motifs is 1. The third-order valence-corrected chi connectivity index (χ3v) is 4.10. The Kier molecular flexibility index (Phi) is 3.59. The van der Waals surface area contributed by atoms with Crippen LogP contribution in [0.4, 0.5) is 5.82 Å². The Labute approximate surface area is 139 Å². The van der Waals surface area contributed by atoms with Gasteiger partial charge in [-0.05, 0) is 19.1 Å². The van der Waals surface area contributed by atoms with Gasteiger partial charge in [-0.2, -0.15) is 15.3 Å². The molecule has 24 heavy (non-hydrogen) atoms. The SMILES string of the molecule is Cc1ccc(-n2ncc3c(N4CCOCC4)nc(C#N)nc32)cc1. The van der Waals surface area contributed by atoms with E-state index in [1.807, 2.05) is 31.2 Å². The fraction of sp³-hybridized carbons (Fsp3) is 0.294. The van der Waals surface area contributed by atoms with Crippen LogP contribution in [-0.2, 0) is 4.74 Å². The molecule has 0 N–H and O–H groups in total. The highest BCUT2D eigenvalue weighted by atomic mass is 16.5. The van der Waals surface area contributed by atoms with Crippen LogP contribution in [0.5, 0.6) is 0 Å². The third kappa shape index (κ3) is 2.47. The number of nitrogens with zero attached hydrogens (tertiary/aromatic N) is 6. The lowest BCUT2D eigenvalue weighted by Gasteiger charge is -2.28. The summed E-state index contributed by atoms with van der Waals surface area (Å²) in [4.78, 5) is 10.9. The zero-order chi connectivity index (χ0) is 16.5. The van der Waals surface area contributed by atoms with E-state index in [1.165, 1.54) is 5.56 Å². The number of hydrogen-bond donors (Lipinski definition) is 0. The Morgan fingerprint density at radius 1 is 1.12 bits per heavy atom. The maximum Gasteiger partial charge on any atom is 0.236 e. The third-order valence-electron chi connectivity index (χ3n) is 4.10. The van der Waals surface area contributed by atoms with Crippen LogP contribution in [0.25, 0.3) is 16.7 Å². The summed E-state index contributed by atoms with van der Waals surface area (Å²) in [5.74, 6) is 0.899. The number of aryl methyl sites for hydroxylation is 1. The van der Waals surface area contributed by atoms with Crippen molar-refractivity contribution in [3.8, 4) is 11.8 Å². The van der Waals surface area contributed by atoms with Gasteiger partial charge in [0, 0.05) is 13.1 Å². The van der Waals surface area contributed by atoms with Gasteiger partial charge in [0.15, 0.2) is 5.65 Å². The lowest BCUT2D eigenvalue weighted by molar-refractivity contribution is 0.122. The average Bonchev–Trinajstić information content (AvgIpc) is 3.06. The Hall–Kier alpha value is -2.98. The zero-order valence-corrected chi connectivity index (χ0v) is 13.3. The van der Waals surface area contributed by atoms with Crippen molar-refractivity contribution in [3.63, 3.8) is 0 Å². The van der Waals surface area contributed by atoms with E-state index in [9.17, 15) is 5.26 Å². The van der Waals surface area contributed by atoms with E-state index in [4.69, 9.17) is 4.74 Å². The lowest BCUT2D eigenvalue weighted by atomic mass is 10.2. The van der Waals surface area contributed by atoms with Gasteiger partial charge >= 0.3 is 0 Å². The molecule has 3 heterocycles. The molecule has 7 nitrogen and oxygen atoms in total. The second-order valence-electron chi connectivity index (χ2n) is 5.71. The number of ether oxygens (including phenoxy) is 1. The molecule has 1 saturated heterocycles. The van der Waals surface area contributed by atoms with Gasteiger partial charge in [-0.1, -0.05) is 17.7 Å². The molecule has 0 radical (unpaired) electrons. The van der Waals surface area contributed by atoms with Crippen molar-refractivity contribution in [1.82, 2.24) is 19.7 Å². The highest BCUT2D eigenvalue weighted by Gasteiger charge is 2.20. The first-order valence-electron chi connectivity index (χ1n) is 7.82. The molecule has 1 aliphatic rings. The van der Waals surface area contributed by atoms with Crippen LogP contribution in [0, 0.1) is 18.3 Å². The quantitative estimate of drug-likeness (QED) is 0.717. The van der Waals surface area contributed by atoms with E-state index in [0.29, 0.717) is 18.9 Å². The smallest absolute Gasteiger partial charge is 0.236 e. The molecule has 0 saturated carbocycles. The topological polar surface area (TPSA) is 79.9 Å². The van der Waals surface area contributed by atoms with Gasteiger partial charge in [-0.15, -0.1) is 0 Å². The summed E-state index contributed by atoms with van der Waals surface area (Å²) in [6, 6.07) is 10.1. The molecule has 120 valence electrons. The van der Waals surface area contributed by atoms with Crippen molar-refractivity contribution in [2.75, 3.05) is 31.2 Å². The summed E-state index contributed by atoms with van der Waals surface area (Å²) in [6.07, 6.45) is 1.77. The molecule has 0 unspecified atom stereocenters. The molecule has 0 aliphatic carbocycles. The molecule has 2 aromatic heterocycles. The summed E-state index contributed by atoms with van der Waals surface area (Å²) in [7, 11) is 0. The summed E-state index contributed by atoms with van der Waals surface area (Å²) in [5, 5.41) is 14.6. The molecular formula is C17H16N6O. The lowest BCUT2D eigenvalue weighted by Crippen LogP contribution is -2.37. The Morgan fingerprint density at radius 2 is 1.88 bits per heavy atom. The largest absolute Gasteiger partial charge is 0.378 e. The van der Waals surface area contributed by atoms with Crippen molar-refractivity contribution in [1.29, 1.82) is 5.26 Å². The summed E-state index contributed by atoms with van der Waals surface area (Å²) in [6.45, 7) is 4.83. The molecule has 0 bridgehead atoms. The van der Waals surface area contributed by atoms with Gasteiger partial charge < -0.3 is 9.64 Å². The molecule has 1 aliphatic heterocycles. The minimum absolute atomic E-state index is 0.151. The Bertz CT molecular complexity index is 919. The number of hydrogen-bond acceptors (Lipinski definition) is 6. The molecule has 4 rings (SSSR count). The number of aromatic nitrogens is 4. The first kappa shape index (κ1) is 14.6. The maximum absolute atomic E-state index is 9.31. The van der Waals surface area contributed by atoms with Crippen LogP contribution in [0.15, 0.2) is 30.5 Å². The second-order valence-corrected chi connectivity index (χ2v) is 5.71. The molecule has 1 aromatic carbocycles. The van der Waals surface area contributed by atoms with Crippen LogP contribution >= 0.6 is 0 Å². The van der Waals surface area contributed by atoms with Crippen LogP contribution in [0.2, 0.25) is 0 Å². The molecule has 0 atom stereocenters. The van der Waals surface area contributed by atoms with Gasteiger partial charge in [0.2, 0.25) is 5.82 Å². The monoisotopic (exact) mass is 320 g/mol. The second kappa shape index (κ2) is 5.91. The van der Waals surface area contributed by atoms with E-state index >= 15 is 0 Å². The molecule has 0 spiro atoms. The Morgan fingerprint density at radius 3 is 2.58 bits per heavy atom. The van der Waals surface area contributed by atoms with Crippen LogP contribution < -0.4 is 4.90 Å². The summed E-state index contributed by atoms with van der Waals surface area (Å²) < 4.78 is 7.16. The minimum Gasteiger partial charge on any atom is -0.378 e. The minimum atomic E-state index is 0.151. The predicted octanol–water partition coefficient (Wildman–Crippen LogP) is 1.83. The first-order valence-corrected chi connectivity index (χ1v) is 7.82. The number of nitriles is 1. The summed E-state index contributed by atoms with van der Waals surface area (Å²) in [5.41, 5.74) is 2.73. The number of rotatable bonds is 2. The van der Waals surface area contributed by atoms with Gasteiger partial charge in [0.05, 0.1) is 30.5 Å². The molecule has 7 heteroatoms. The van der Waals surface area contributed by atoms with Crippen molar-refractivity contribution < 1.29 is 4.74 Å².